The standard InChI is InChI=1S/C15H18/c1-4-5-7-10-13(2)15-12-9-6-8-11-14(15)3/h4-5,7-12H,1,6H2,2-3H3/b7-5-,13-10+. The maximum atomic E-state index is 3.65. The summed E-state index contributed by atoms with van der Waals surface area (Å²) in [5, 5.41) is 0. The van der Waals surface area contributed by atoms with E-state index in [1.165, 1.54) is 16.7 Å². The van der Waals surface area contributed by atoms with Gasteiger partial charge in [0, 0.05) is 0 Å². The van der Waals surface area contributed by atoms with Gasteiger partial charge in [-0.05, 0) is 37.0 Å². The predicted molar refractivity (Wildman–Crippen MR) is 68.7 cm³/mol. The van der Waals surface area contributed by atoms with Gasteiger partial charge < -0.3 is 0 Å². The van der Waals surface area contributed by atoms with E-state index in [-0.39, 0.29) is 0 Å². The minimum atomic E-state index is 1.02. The van der Waals surface area contributed by atoms with E-state index < -0.39 is 0 Å². The zero-order valence-corrected chi connectivity index (χ0v) is 9.53. The molecule has 0 spiro atoms. The molecule has 0 saturated carbocycles. The van der Waals surface area contributed by atoms with Crippen LogP contribution in [0.1, 0.15) is 20.3 Å². The second-order valence-corrected chi connectivity index (χ2v) is 3.61. The fraction of sp³-hybridized carbons (Fsp3) is 0.200. The Morgan fingerprint density at radius 1 is 1.27 bits per heavy atom. The maximum absolute atomic E-state index is 3.65. The number of allylic oxidation sites excluding steroid dienone is 11. The molecule has 15 heavy (non-hydrogen) atoms. The molecular weight excluding hydrogens is 180 g/mol. The first-order valence-corrected chi connectivity index (χ1v) is 5.26. The van der Waals surface area contributed by atoms with Gasteiger partial charge in [-0.1, -0.05) is 55.2 Å². The van der Waals surface area contributed by atoms with Crippen LogP contribution in [-0.4, -0.2) is 0 Å². The van der Waals surface area contributed by atoms with Gasteiger partial charge in [0.15, 0.2) is 0 Å². The Labute approximate surface area is 92.7 Å². The molecular formula is C15H18. The van der Waals surface area contributed by atoms with Gasteiger partial charge in [0.05, 0.1) is 0 Å². The molecule has 0 aliphatic heterocycles. The van der Waals surface area contributed by atoms with Crippen LogP contribution in [0.25, 0.3) is 0 Å². The second kappa shape index (κ2) is 6.02. The normalized spacial score (nSPS) is 17.3. The zero-order valence-electron chi connectivity index (χ0n) is 9.53. The lowest BCUT2D eigenvalue weighted by Gasteiger charge is -2.04. The van der Waals surface area contributed by atoms with E-state index in [0.717, 1.165) is 6.42 Å². The molecule has 0 fully saturated rings. The number of rotatable bonds is 3. The summed E-state index contributed by atoms with van der Waals surface area (Å²) in [5.74, 6) is 0. The average molecular weight is 198 g/mol. The molecule has 0 amide bonds. The van der Waals surface area contributed by atoms with Crippen molar-refractivity contribution in [2.75, 3.05) is 0 Å². The van der Waals surface area contributed by atoms with E-state index >= 15 is 0 Å². The molecule has 78 valence electrons. The van der Waals surface area contributed by atoms with Gasteiger partial charge in [-0.15, -0.1) is 0 Å². The summed E-state index contributed by atoms with van der Waals surface area (Å²) in [6.45, 7) is 7.93. The van der Waals surface area contributed by atoms with E-state index in [9.17, 15) is 0 Å². The summed E-state index contributed by atoms with van der Waals surface area (Å²) in [4.78, 5) is 0. The van der Waals surface area contributed by atoms with Crippen LogP contribution in [0.5, 0.6) is 0 Å². The molecule has 0 N–H and O–H groups in total. The van der Waals surface area contributed by atoms with Crippen LogP contribution in [0, 0.1) is 0 Å². The highest BCUT2D eigenvalue weighted by Gasteiger charge is 2.00. The first-order valence-electron chi connectivity index (χ1n) is 5.26. The smallest absolute Gasteiger partial charge is 0.0163 e. The van der Waals surface area contributed by atoms with Crippen LogP contribution in [0.2, 0.25) is 0 Å². The molecule has 0 aromatic heterocycles. The van der Waals surface area contributed by atoms with Crippen LogP contribution in [0.15, 0.2) is 71.9 Å². The first kappa shape index (κ1) is 11.5. The van der Waals surface area contributed by atoms with Gasteiger partial charge in [0.2, 0.25) is 0 Å². The Bertz CT molecular complexity index is 371. The molecule has 0 heteroatoms. The van der Waals surface area contributed by atoms with Crippen molar-refractivity contribution in [2.45, 2.75) is 20.3 Å². The van der Waals surface area contributed by atoms with E-state index in [1.54, 1.807) is 6.08 Å². The molecule has 1 rings (SSSR count). The Balaban J connectivity index is 2.95. The predicted octanol–water partition coefficient (Wildman–Crippen LogP) is 4.51. The van der Waals surface area contributed by atoms with Crippen LogP contribution in [-0.2, 0) is 0 Å². The highest BCUT2D eigenvalue weighted by Crippen LogP contribution is 2.19. The van der Waals surface area contributed by atoms with Gasteiger partial charge in [0.25, 0.3) is 0 Å². The summed E-state index contributed by atoms with van der Waals surface area (Å²) >= 11 is 0. The van der Waals surface area contributed by atoms with Crippen molar-refractivity contribution >= 4 is 0 Å². The van der Waals surface area contributed by atoms with Crippen LogP contribution in [0.3, 0.4) is 0 Å². The largest absolute Gasteiger partial charge is 0.0991 e. The molecule has 1 aliphatic rings. The third-order valence-electron chi connectivity index (χ3n) is 2.37. The summed E-state index contributed by atoms with van der Waals surface area (Å²) in [6, 6.07) is 0. The fourth-order valence-electron chi connectivity index (χ4n) is 1.54. The fourth-order valence-corrected chi connectivity index (χ4v) is 1.54. The van der Waals surface area contributed by atoms with Crippen LogP contribution in [0.4, 0.5) is 0 Å². The Morgan fingerprint density at radius 3 is 2.73 bits per heavy atom. The topological polar surface area (TPSA) is 0 Å². The van der Waals surface area contributed by atoms with Crippen molar-refractivity contribution in [1.82, 2.24) is 0 Å². The van der Waals surface area contributed by atoms with Crippen molar-refractivity contribution in [1.29, 1.82) is 0 Å². The molecule has 1 aliphatic carbocycles. The minimum Gasteiger partial charge on any atom is -0.0991 e. The number of hydrogen-bond acceptors (Lipinski definition) is 0. The van der Waals surface area contributed by atoms with Gasteiger partial charge in [-0.3, -0.25) is 0 Å². The number of hydrogen-bond donors (Lipinski definition) is 0. The molecule has 0 aromatic carbocycles. The van der Waals surface area contributed by atoms with E-state index in [1.807, 2.05) is 12.2 Å². The quantitative estimate of drug-likeness (QED) is 0.585. The molecule has 0 aromatic rings. The second-order valence-electron chi connectivity index (χ2n) is 3.61. The molecule has 0 saturated heterocycles. The summed E-state index contributed by atoms with van der Waals surface area (Å²) in [7, 11) is 0. The lowest BCUT2D eigenvalue weighted by Crippen LogP contribution is -1.84. The average Bonchev–Trinajstić information content (AvgIpc) is 2.43. The van der Waals surface area contributed by atoms with Crippen LogP contribution < -0.4 is 0 Å². The third kappa shape index (κ3) is 3.59. The zero-order chi connectivity index (χ0) is 11.1. The van der Waals surface area contributed by atoms with E-state index in [0.29, 0.717) is 0 Å². The van der Waals surface area contributed by atoms with Crippen molar-refractivity contribution in [3.8, 4) is 0 Å². The molecule has 0 unspecified atom stereocenters. The highest BCUT2D eigenvalue weighted by atomic mass is 14.1. The van der Waals surface area contributed by atoms with Crippen molar-refractivity contribution in [3.05, 3.63) is 71.9 Å². The van der Waals surface area contributed by atoms with Gasteiger partial charge in [-0.2, -0.15) is 0 Å². The Kier molecular flexibility index (Phi) is 4.62. The molecule has 0 radical (unpaired) electrons. The van der Waals surface area contributed by atoms with E-state index in [4.69, 9.17) is 0 Å². The van der Waals surface area contributed by atoms with Crippen molar-refractivity contribution in [2.24, 2.45) is 0 Å². The van der Waals surface area contributed by atoms with Crippen molar-refractivity contribution < 1.29 is 0 Å². The SMILES string of the molecule is C=C/C=C\C=C(/C)C1=C(C)C=CCC=C1. The molecule has 0 bridgehead atoms. The lowest BCUT2D eigenvalue weighted by molar-refractivity contribution is 1.35. The van der Waals surface area contributed by atoms with Crippen molar-refractivity contribution in [3.63, 3.8) is 0 Å². The summed E-state index contributed by atoms with van der Waals surface area (Å²) < 4.78 is 0. The van der Waals surface area contributed by atoms with Gasteiger partial charge >= 0.3 is 0 Å². The van der Waals surface area contributed by atoms with Gasteiger partial charge in [-0.25, -0.2) is 0 Å². The highest BCUT2D eigenvalue weighted by molar-refractivity contribution is 5.47. The monoisotopic (exact) mass is 198 g/mol. The first-order chi connectivity index (χ1) is 7.25. The Morgan fingerprint density at radius 2 is 2.00 bits per heavy atom. The molecule has 0 nitrogen and oxygen atoms in total. The van der Waals surface area contributed by atoms with Gasteiger partial charge in [0.1, 0.15) is 0 Å². The third-order valence-corrected chi connectivity index (χ3v) is 2.37. The lowest BCUT2D eigenvalue weighted by atomic mass is 10.0. The van der Waals surface area contributed by atoms with Crippen LogP contribution >= 0.6 is 0 Å². The summed E-state index contributed by atoms with van der Waals surface area (Å²) in [5.41, 5.74) is 3.93. The Hall–Kier alpha value is -1.56. The summed E-state index contributed by atoms with van der Waals surface area (Å²) in [6.07, 6.45) is 17.6. The van der Waals surface area contributed by atoms with E-state index in [2.05, 4.69) is 50.8 Å². The maximum Gasteiger partial charge on any atom is -0.0163 e. The molecule has 0 atom stereocenters. The minimum absolute atomic E-state index is 1.02. The molecule has 0 heterocycles.